The van der Waals surface area contributed by atoms with Crippen molar-refractivity contribution >= 4 is 23.3 Å². The Labute approximate surface area is 153 Å². The van der Waals surface area contributed by atoms with Crippen molar-refractivity contribution in [3.05, 3.63) is 59.7 Å². The molecule has 0 amide bonds. The molecule has 0 aromatic heterocycles. The first-order chi connectivity index (χ1) is 12.5. The van der Waals surface area contributed by atoms with Crippen LogP contribution < -0.4 is 11.5 Å². The van der Waals surface area contributed by atoms with Gasteiger partial charge >= 0.3 is 11.9 Å². The number of anilines is 2. The second kappa shape index (κ2) is 9.46. The lowest BCUT2D eigenvalue weighted by Gasteiger charge is -2.19. The van der Waals surface area contributed by atoms with Gasteiger partial charge in [-0.15, -0.1) is 0 Å². The number of nitrogens with two attached hydrogens (primary N) is 2. The second-order valence-electron chi connectivity index (χ2n) is 5.91. The smallest absolute Gasteiger partial charge is 0.343 e. The van der Waals surface area contributed by atoms with E-state index in [2.05, 4.69) is 6.92 Å². The molecule has 0 aliphatic heterocycles. The molecular weight excluding hydrogens is 332 g/mol. The Morgan fingerprint density at radius 2 is 1.31 bits per heavy atom. The molecule has 0 radical (unpaired) electrons. The van der Waals surface area contributed by atoms with Crippen molar-refractivity contribution < 1.29 is 19.1 Å². The van der Waals surface area contributed by atoms with Gasteiger partial charge in [-0.25, -0.2) is 9.59 Å². The Morgan fingerprint density at radius 1 is 0.846 bits per heavy atom. The van der Waals surface area contributed by atoms with E-state index in [0.29, 0.717) is 17.8 Å². The van der Waals surface area contributed by atoms with Gasteiger partial charge in [0, 0.05) is 17.8 Å². The van der Waals surface area contributed by atoms with Crippen LogP contribution in [-0.2, 0) is 9.47 Å². The first-order valence-corrected chi connectivity index (χ1v) is 8.64. The van der Waals surface area contributed by atoms with Gasteiger partial charge in [-0.2, -0.15) is 0 Å². The minimum atomic E-state index is -0.999. The third kappa shape index (κ3) is 5.24. The van der Waals surface area contributed by atoms with E-state index in [1.165, 1.54) is 0 Å². The molecule has 26 heavy (non-hydrogen) atoms. The van der Waals surface area contributed by atoms with Crippen LogP contribution in [0.5, 0.6) is 0 Å². The van der Waals surface area contributed by atoms with Crippen molar-refractivity contribution in [2.24, 2.45) is 0 Å². The number of hydrogen-bond donors (Lipinski definition) is 2. The minimum absolute atomic E-state index is 0.239. The van der Waals surface area contributed by atoms with E-state index >= 15 is 0 Å². The molecule has 4 N–H and O–H groups in total. The molecule has 0 unspecified atom stereocenters. The first-order valence-electron chi connectivity index (χ1n) is 8.64. The molecular formula is C20H24N2O4. The molecule has 0 aliphatic rings. The van der Waals surface area contributed by atoms with Gasteiger partial charge in [-0.05, 0) is 30.7 Å². The second-order valence-corrected chi connectivity index (χ2v) is 5.91. The molecule has 138 valence electrons. The number of nitrogen functional groups attached to an aromatic ring is 2. The molecule has 6 nitrogen and oxygen atoms in total. The normalized spacial score (nSPS) is 10.5. The zero-order valence-corrected chi connectivity index (χ0v) is 14.8. The van der Waals surface area contributed by atoms with E-state index in [4.69, 9.17) is 20.9 Å². The molecule has 0 spiro atoms. The molecule has 2 aromatic rings. The minimum Gasteiger partial charge on any atom is -0.421 e. The van der Waals surface area contributed by atoms with Gasteiger partial charge in [0.1, 0.15) is 0 Å². The van der Waals surface area contributed by atoms with Crippen LogP contribution in [-0.4, -0.2) is 18.2 Å². The van der Waals surface area contributed by atoms with Crippen molar-refractivity contribution in [1.29, 1.82) is 0 Å². The summed E-state index contributed by atoms with van der Waals surface area (Å²) in [4.78, 5) is 24.8. The quantitative estimate of drug-likeness (QED) is 0.323. The van der Waals surface area contributed by atoms with Crippen LogP contribution in [0.15, 0.2) is 48.5 Å². The number of benzene rings is 2. The summed E-state index contributed by atoms with van der Waals surface area (Å²) >= 11 is 0. The highest BCUT2D eigenvalue weighted by Crippen LogP contribution is 2.19. The van der Waals surface area contributed by atoms with E-state index < -0.39 is 18.2 Å². The number of ether oxygens (including phenoxy) is 2. The van der Waals surface area contributed by atoms with Crippen molar-refractivity contribution in [2.75, 3.05) is 11.5 Å². The van der Waals surface area contributed by atoms with Crippen molar-refractivity contribution in [1.82, 2.24) is 0 Å². The summed E-state index contributed by atoms with van der Waals surface area (Å²) in [6.45, 7) is 2.06. The van der Waals surface area contributed by atoms with Crippen LogP contribution in [0.3, 0.4) is 0 Å². The predicted molar refractivity (Wildman–Crippen MR) is 100 cm³/mol. The highest BCUT2D eigenvalue weighted by Gasteiger charge is 2.22. The van der Waals surface area contributed by atoms with Gasteiger partial charge < -0.3 is 20.9 Å². The monoisotopic (exact) mass is 356 g/mol. The van der Waals surface area contributed by atoms with Gasteiger partial charge in [0.2, 0.25) is 6.29 Å². The Bertz CT molecular complexity index is 701. The zero-order chi connectivity index (χ0) is 18.9. The van der Waals surface area contributed by atoms with E-state index in [0.717, 1.165) is 19.3 Å². The van der Waals surface area contributed by atoms with Gasteiger partial charge in [0.05, 0.1) is 11.1 Å². The van der Waals surface area contributed by atoms with Crippen molar-refractivity contribution in [2.45, 2.75) is 38.9 Å². The van der Waals surface area contributed by atoms with Crippen LogP contribution in [0.4, 0.5) is 11.4 Å². The molecule has 0 saturated heterocycles. The third-order valence-electron chi connectivity index (χ3n) is 3.88. The van der Waals surface area contributed by atoms with E-state index in [1.807, 2.05) is 0 Å². The highest BCUT2D eigenvalue weighted by molar-refractivity contribution is 5.96. The van der Waals surface area contributed by atoms with E-state index in [-0.39, 0.29) is 11.1 Å². The maximum absolute atomic E-state index is 12.4. The van der Waals surface area contributed by atoms with Crippen molar-refractivity contribution in [3.8, 4) is 0 Å². The van der Waals surface area contributed by atoms with Crippen LogP contribution in [0, 0.1) is 0 Å². The number of carbonyl (C=O) groups excluding carboxylic acids is 2. The van der Waals surface area contributed by atoms with Gasteiger partial charge in [-0.1, -0.05) is 44.0 Å². The average Bonchev–Trinajstić information content (AvgIpc) is 2.62. The molecule has 2 aromatic carbocycles. The lowest BCUT2D eigenvalue weighted by atomic mass is 10.1. The van der Waals surface area contributed by atoms with Crippen LogP contribution in [0.1, 0.15) is 53.3 Å². The number of para-hydroxylation sites is 2. The Morgan fingerprint density at radius 3 is 1.73 bits per heavy atom. The summed E-state index contributed by atoms with van der Waals surface area (Å²) in [7, 11) is 0. The molecule has 6 heteroatoms. The predicted octanol–water partition coefficient (Wildman–Crippen LogP) is 3.77. The van der Waals surface area contributed by atoms with Crippen LogP contribution in [0.2, 0.25) is 0 Å². The maximum atomic E-state index is 12.4. The lowest BCUT2D eigenvalue weighted by molar-refractivity contribution is -0.0836. The molecule has 2 rings (SSSR count). The molecule has 0 bridgehead atoms. The Kier molecular flexibility index (Phi) is 7.02. The van der Waals surface area contributed by atoms with Gasteiger partial charge in [0.25, 0.3) is 0 Å². The first kappa shape index (κ1) is 19.3. The molecule has 0 atom stereocenters. The topological polar surface area (TPSA) is 105 Å². The van der Waals surface area contributed by atoms with Crippen LogP contribution in [0.25, 0.3) is 0 Å². The van der Waals surface area contributed by atoms with Crippen LogP contribution >= 0.6 is 0 Å². The van der Waals surface area contributed by atoms with Crippen molar-refractivity contribution in [3.63, 3.8) is 0 Å². The molecule has 0 fully saturated rings. The summed E-state index contributed by atoms with van der Waals surface area (Å²) in [6.07, 6.45) is 2.10. The van der Waals surface area contributed by atoms with E-state index in [9.17, 15) is 9.59 Å². The molecule has 0 heterocycles. The largest absolute Gasteiger partial charge is 0.421 e. The average molecular weight is 356 g/mol. The van der Waals surface area contributed by atoms with Gasteiger partial charge in [0.15, 0.2) is 0 Å². The molecule has 0 saturated carbocycles. The third-order valence-corrected chi connectivity index (χ3v) is 3.88. The SMILES string of the molecule is CCCCCC(OC(=O)c1ccccc1N)OC(=O)c1ccccc1N. The summed E-state index contributed by atoms with van der Waals surface area (Å²) in [5.74, 6) is -1.25. The fraction of sp³-hybridized carbons (Fsp3) is 0.300. The summed E-state index contributed by atoms with van der Waals surface area (Å²) in [6, 6.07) is 13.2. The fourth-order valence-electron chi connectivity index (χ4n) is 2.43. The maximum Gasteiger partial charge on any atom is 0.343 e. The Balaban J connectivity index is 2.10. The van der Waals surface area contributed by atoms with E-state index in [1.54, 1.807) is 48.5 Å². The Hall–Kier alpha value is -3.02. The number of unbranched alkanes of at least 4 members (excludes halogenated alkanes) is 2. The standard InChI is InChI=1S/C20H24N2O4/c1-2-3-4-13-18(25-19(23)14-9-5-7-11-16(14)21)26-20(24)15-10-6-8-12-17(15)22/h5-12,18H,2-4,13,21-22H2,1H3. The number of rotatable bonds is 8. The van der Waals surface area contributed by atoms with Gasteiger partial charge in [-0.3, -0.25) is 0 Å². The number of hydrogen-bond acceptors (Lipinski definition) is 6. The summed E-state index contributed by atoms with van der Waals surface area (Å²) in [5.41, 5.74) is 12.7. The zero-order valence-electron chi connectivity index (χ0n) is 14.8. The molecule has 0 aliphatic carbocycles. The summed E-state index contributed by atoms with van der Waals surface area (Å²) < 4.78 is 10.8. The number of carbonyl (C=O) groups is 2. The lowest BCUT2D eigenvalue weighted by Crippen LogP contribution is -2.25. The number of esters is 2. The fourth-order valence-corrected chi connectivity index (χ4v) is 2.43. The summed E-state index contributed by atoms with van der Waals surface area (Å²) in [5, 5.41) is 0. The highest BCUT2D eigenvalue weighted by atomic mass is 16.7.